The second kappa shape index (κ2) is 56.9. The monoisotopic (exact) mass is 912 g/mol. The summed E-state index contributed by atoms with van der Waals surface area (Å²) in [4.78, 5) is 12.5. The minimum absolute atomic E-state index is 0.0683. The Morgan fingerprint density at radius 3 is 0.892 bits per heavy atom. The Bertz CT molecular complexity index is 989. The number of rotatable bonds is 55. The van der Waals surface area contributed by atoms with Gasteiger partial charge in [-0.2, -0.15) is 0 Å². The molecule has 0 aliphatic heterocycles. The Morgan fingerprint density at radius 1 is 0.354 bits per heavy atom. The third kappa shape index (κ3) is 53.4. The van der Waals surface area contributed by atoms with Crippen molar-refractivity contribution < 1.29 is 15.0 Å². The Kier molecular flexibility index (Phi) is 55.7. The summed E-state index contributed by atoms with van der Waals surface area (Å²) in [7, 11) is 0. The number of aliphatic hydroxyl groups excluding tert-OH is 2. The molecule has 0 saturated carbocycles. The van der Waals surface area contributed by atoms with Gasteiger partial charge in [0.1, 0.15) is 0 Å². The maximum Gasteiger partial charge on any atom is 0.220 e. The van der Waals surface area contributed by atoms with Crippen molar-refractivity contribution in [2.24, 2.45) is 0 Å². The zero-order valence-corrected chi connectivity index (χ0v) is 44.3. The van der Waals surface area contributed by atoms with E-state index in [0.717, 1.165) is 32.1 Å². The first-order valence-corrected chi connectivity index (χ1v) is 29.7. The first-order chi connectivity index (χ1) is 32.2. The molecule has 0 fully saturated rings. The molecule has 2 unspecified atom stereocenters. The lowest BCUT2D eigenvalue weighted by atomic mass is 10.0. The van der Waals surface area contributed by atoms with Crippen molar-refractivity contribution in [1.82, 2.24) is 5.32 Å². The van der Waals surface area contributed by atoms with Gasteiger partial charge in [0, 0.05) is 6.42 Å². The molecule has 0 aromatic carbocycles. The van der Waals surface area contributed by atoms with Crippen molar-refractivity contribution in [2.75, 3.05) is 6.61 Å². The number of hydrogen-bond acceptors (Lipinski definition) is 3. The molecular formula is C61H117NO3. The number of carbonyl (C=O) groups excluding carboxylic acids is 1. The van der Waals surface area contributed by atoms with Gasteiger partial charge in [0.05, 0.1) is 18.8 Å². The molecule has 2 atom stereocenters. The van der Waals surface area contributed by atoms with Gasteiger partial charge in [0.25, 0.3) is 0 Å². The van der Waals surface area contributed by atoms with Crippen molar-refractivity contribution in [2.45, 2.75) is 341 Å². The van der Waals surface area contributed by atoms with E-state index < -0.39 is 12.1 Å². The van der Waals surface area contributed by atoms with Crippen molar-refractivity contribution in [3.8, 4) is 0 Å². The van der Waals surface area contributed by atoms with E-state index >= 15 is 0 Å². The molecule has 0 saturated heterocycles. The number of allylic oxidation sites excluding steroid dienone is 5. The van der Waals surface area contributed by atoms with Crippen molar-refractivity contribution in [3.63, 3.8) is 0 Å². The molecule has 3 N–H and O–H groups in total. The number of carbonyl (C=O) groups is 1. The minimum atomic E-state index is -0.862. The summed E-state index contributed by atoms with van der Waals surface area (Å²) in [5.74, 6) is -0.0683. The molecule has 1 amide bonds. The molecule has 4 nitrogen and oxygen atoms in total. The van der Waals surface area contributed by atoms with Gasteiger partial charge in [-0.15, -0.1) is 0 Å². The van der Waals surface area contributed by atoms with Crippen LogP contribution in [0, 0.1) is 0 Å². The molecule has 65 heavy (non-hydrogen) atoms. The van der Waals surface area contributed by atoms with E-state index in [4.69, 9.17) is 0 Å². The van der Waals surface area contributed by atoms with E-state index in [1.54, 1.807) is 6.08 Å². The standard InChI is InChI=1S/C61H117NO3/c1-3-5-7-9-11-13-15-17-19-21-23-25-27-29-31-33-35-37-39-41-43-45-47-49-51-53-55-57-61(65)62-59(58-63)60(64)56-54-52-50-48-46-44-42-40-38-36-34-32-30-28-26-24-22-20-18-16-14-12-10-8-6-4-2/h21,23,46,48,54,56,59-60,63-64H,3-20,22,24-45,47,49-53,55,57-58H2,1-2H3,(H,62,65)/b23-21-,48-46+,56-54+. The highest BCUT2D eigenvalue weighted by Gasteiger charge is 2.18. The normalized spacial score (nSPS) is 13.0. The molecule has 0 rings (SSSR count). The lowest BCUT2D eigenvalue weighted by Crippen LogP contribution is -2.45. The quantitative estimate of drug-likeness (QED) is 0.0421. The smallest absolute Gasteiger partial charge is 0.220 e. The predicted molar refractivity (Wildman–Crippen MR) is 290 cm³/mol. The lowest BCUT2D eigenvalue weighted by molar-refractivity contribution is -0.123. The lowest BCUT2D eigenvalue weighted by Gasteiger charge is -2.19. The first kappa shape index (κ1) is 63.6. The van der Waals surface area contributed by atoms with Crippen LogP contribution in [0.15, 0.2) is 36.5 Å². The Hall–Kier alpha value is -1.39. The molecule has 0 radical (unpaired) electrons. The molecule has 0 aromatic heterocycles. The van der Waals surface area contributed by atoms with E-state index in [2.05, 4.69) is 43.5 Å². The topological polar surface area (TPSA) is 69.6 Å². The van der Waals surface area contributed by atoms with Gasteiger partial charge in [0.2, 0.25) is 5.91 Å². The molecule has 0 aliphatic rings. The Labute approximate surface area is 408 Å². The maximum absolute atomic E-state index is 12.5. The number of aliphatic hydroxyl groups is 2. The molecule has 0 spiro atoms. The van der Waals surface area contributed by atoms with Gasteiger partial charge < -0.3 is 15.5 Å². The van der Waals surface area contributed by atoms with Gasteiger partial charge in [-0.25, -0.2) is 0 Å². The van der Waals surface area contributed by atoms with Crippen LogP contribution in [0.2, 0.25) is 0 Å². The van der Waals surface area contributed by atoms with Crippen LogP contribution in [0.3, 0.4) is 0 Å². The van der Waals surface area contributed by atoms with Gasteiger partial charge in [0.15, 0.2) is 0 Å². The highest BCUT2D eigenvalue weighted by Crippen LogP contribution is 2.17. The summed E-state index contributed by atoms with van der Waals surface area (Å²) in [6.07, 6.45) is 77.5. The third-order valence-corrected chi connectivity index (χ3v) is 13.8. The number of nitrogens with one attached hydrogen (secondary N) is 1. The molecule has 0 bridgehead atoms. The number of hydrogen-bond donors (Lipinski definition) is 3. The summed E-state index contributed by atoms with van der Waals surface area (Å²) in [5.41, 5.74) is 0. The van der Waals surface area contributed by atoms with Crippen LogP contribution in [0.4, 0.5) is 0 Å². The number of unbranched alkanes of at least 4 members (excludes halogenated alkanes) is 44. The van der Waals surface area contributed by atoms with Crippen LogP contribution in [0.1, 0.15) is 328 Å². The SMILES string of the molecule is CCCCCCCCCC/C=C\CCCCCCCCCCCCCCCCCC(=O)NC(CO)C(O)/C=C/CC/C=C/CCCCCCCCCCCCCCCCCCCCCC. The number of amides is 1. The first-order valence-electron chi connectivity index (χ1n) is 29.7. The zero-order chi connectivity index (χ0) is 47.0. The highest BCUT2D eigenvalue weighted by atomic mass is 16.3. The fraction of sp³-hybridized carbons (Fsp3) is 0.885. The average molecular weight is 913 g/mol. The van der Waals surface area contributed by atoms with E-state index in [0.29, 0.717) is 6.42 Å². The van der Waals surface area contributed by atoms with Gasteiger partial charge in [-0.1, -0.05) is 301 Å². The minimum Gasteiger partial charge on any atom is -0.394 e. The third-order valence-electron chi connectivity index (χ3n) is 13.8. The molecule has 0 aromatic rings. The zero-order valence-electron chi connectivity index (χ0n) is 44.3. The van der Waals surface area contributed by atoms with Gasteiger partial charge in [-0.05, 0) is 57.8 Å². The fourth-order valence-electron chi connectivity index (χ4n) is 9.31. The summed E-state index contributed by atoms with van der Waals surface area (Å²) in [5, 5.41) is 23.2. The van der Waals surface area contributed by atoms with E-state index in [1.807, 2.05) is 6.08 Å². The van der Waals surface area contributed by atoms with Crippen LogP contribution in [-0.2, 0) is 4.79 Å². The average Bonchev–Trinajstić information content (AvgIpc) is 3.31. The van der Waals surface area contributed by atoms with Crippen molar-refractivity contribution >= 4 is 5.91 Å². The Balaban J connectivity index is 3.49. The fourth-order valence-corrected chi connectivity index (χ4v) is 9.31. The van der Waals surface area contributed by atoms with Crippen LogP contribution < -0.4 is 5.32 Å². The molecule has 384 valence electrons. The van der Waals surface area contributed by atoms with Crippen LogP contribution in [0.25, 0.3) is 0 Å². The van der Waals surface area contributed by atoms with Crippen molar-refractivity contribution in [3.05, 3.63) is 36.5 Å². The van der Waals surface area contributed by atoms with E-state index in [1.165, 1.54) is 276 Å². The molecule has 0 aliphatic carbocycles. The molecule has 0 heterocycles. The summed E-state index contributed by atoms with van der Waals surface area (Å²) < 4.78 is 0. The second-order valence-electron chi connectivity index (χ2n) is 20.4. The second-order valence-corrected chi connectivity index (χ2v) is 20.4. The van der Waals surface area contributed by atoms with Crippen LogP contribution >= 0.6 is 0 Å². The van der Waals surface area contributed by atoms with Crippen LogP contribution in [-0.4, -0.2) is 34.9 Å². The van der Waals surface area contributed by atoms with Gasteiger partial charge in [-0.3, -0.25) is 4.79 Å². The van der Waals surface area contributed by atoms with Gasteiger partial charge >= 0.3 is 0 Å². The Morgan fingerprint density at radius 2 is 0.600 bits per heavy atom. The summed E-state index contributed by atoms with van der Waals surface area (Å²) in [6, 6.07) is -0.639. The summed E-state index contributed by atoms with van der Waals surface area (Å²) >= 11 is 0. The van der Waals surface area contributed by atoms with Crippen molar-refractivity contribution in [1.29, 1.82) is 0 Å². The van der Waals surface area contributed by atoms with E-state index in [-0.39, 0.29) is 12.5 Å². The summed E-state index contributed by atoms with van der Waals surface area (Å²) in [6.45, 7) is 4.33. The molecular weight excluding hydrogens is 795 g/mol. The van der Waals surface area contributed by atoms with E-state index in [9.17, 15) is 15.0 Å². The molecule has 4 heteroatoms. The highest BCUT2D eigenvalue weighted by molar-refractivity contribution is 5.76. The van der Waals surface area contributed by atoms with Crippen LogP contribution in [0.5, 0.6) is 0 Å². The maximum atomic E-state index is 12.5. The largest absolute Gasteiger partial charge is 0.394 e. The predicted octanol–water partition coefficient (Wildman–Crippen LogP) is 19.6.